The van der Waals surface area contributed by atoms with Crippen molar-refractivity contribution >= 4 is 58.8 Å². The van der Waals surface area contributed by atoms with Crippen LogP contribution < -0.4 is 38.9 Å². The second-order valence-electron chi connectivity index (χ2n) is 18.1. The van der Waals surface area contributed by atoms with Gasteiger partial charge >= 0.3 is 5.97 Å². The van der Waals surface area contributed by atoms with Gasteiger partial charge in [-0.05, 0) is 75.5 Å². The molecule has 21 heteroatoms. The van der Waals surface area contributed by atoms with Crippen LogP contribution in [0.15, 0.2) is 29.3 Å². The van der Waals surface area contributed by atoms with E-state index in [1.54, 1.807) is 26.0 Å². The number of hydrogen-bond acceptors (Lipinski definition) is 13. The summed E-state index contributed by atoms with van der Waals surface area (Å²) in [6.45, 7) is 9.97. The maximum absolute atomic E-state index is 14.0. The fraction of sp³-hybridized carbons (Fsp3) is 0.644. The van der Waals surface area contributed by atoms with Crippen molar-refractivity contribution in [3.05, 3.63) is 29.8 Å². The highest BCUT2D eigenvalue weighted by atomic mass is 16.4. The molecule has 66 heavy (non-hydrogen) atoms. The number of aliphatic hydroxyl groups is 1. The first-order chi connectivity index (χ1) is 30.8. The number of amides is 5. The fourth-order valence-corrected chi connectivity index (χ4v) is 7.74. The third-order valence-corrected chi connectivity index (χ3v) is 11.6. The number of phenolic OH excluding ortho intramolecular Hbond substituents is 1. The van der Waals surface area contributed by atoms with Gasteiger partial charge in [0.15, 0.2) is 17.5 Å². The first kappa shape index (κ1) is 56.2. The number of Topliss-reactive ketones (excluding diaryl/α,β-unsaturated/α-hetero) is 3. The Balaban J connectivity index is 2.29. The number of phenols is 1. The summed E-state index contributed by atoms with van der Waals surface area (Å²) < 4.78 is 0. The number of guanidine groups is 1. The maximum atomic E-state index is 14.0. The number of aliphatic imine (C=N–C) groups is 1. The number of rotatable bonds is 30. The standard InChI is InChI=1S/C45H71N9O12/c1-23(2)16-28(42(64)51-30-20-38(60)54(22-30)25(5)41(47)63)19-36(58)34(13-14-39(61)62)52-44(66)32(24(3)4)21-37(59)40(26(6)55)53-43(65)29(17-27-9-11-31(56)12-10-27)18-35(57)33(46)8-7-15-50-45(48)49/h9-12,23-26,28-30,32-34,40,55-56H,7-8,13-22,46H2,1-6H3,(H2,47,63)(H,51,64)(H,52,66)(H,53,65)(H,61,62)(H4,48,49,50)/t25-,26-,28+,29+,30+,32-,33-,34-,40-/m1/s1. The van der Waals surface area contributed by atoms with E-state index >= 15 is 0 Å². The average molecular weight is 930 g/mol. The minimum Gasteiger partial charge on any atom is -0.508 e. The molecule has 1 fully saturated rings. The molecular weight excluding hydrogens is 859 g/mol. The number of carboxylic acids is 1. The Hall–Kier alpha value is -5.96. The molecule has 0 unspecified atom stereocenters. The minimum atomic E-state index is -1.54. The van der Waals surface area contributed by atoms with Gasteiger partial charge in [0.2, 0.25) is 29.5 Å². The van der Waals surface area contributed by atoms with Crippen molar-refractivity contribution in [1.29, 1.82) is 0 Å². The van der Waals surface area contributed by atoms with Gasteiger partial charge in [-0.2, -0.15) is 0 Å². The van der Waals surface area contributed by atoms with Crippen LogP contribution in [0.3, 0.4) is 0 Å². The highest BCUT2D eigenvalue weighted by molar-refractivity contribution is 5.97. The summed E-state index contributed by atoms with van der Waals surface area (Å²) in [5.74, 6) is -10.2. The van der Waals surface area contributed by atoms with Crippen molar-refractivity contribution in [1.82, 2.24) is 20.9 Å². The molecule has 0 aromatic heterocycles. The Kier molecular flexibility index (Phi) is 22.9. The average Bonchev–Trinajstić information content (AvgIpc) is 3.59. The summed E-state index contributed by atoms with van der Waals surface area (Å²) in [6.07, 6.45) is -2.83. The van der Waals surface area contributed by atoms with Crippen molar-refractivity contribution in [3.63, 3.8) is 0 Å². The number of carboxylic acid groups (broad SMARTS) is 1. The molecule has 1 aliphatic rings. The topological polar surface area (TPSA) is 370 Å². The van der Waals surface area contributed by atoms with E-state index in [1.807, 2.05) is 13.8 Å². The quantitative estimate of drug-likeness (QED) is 0.0265. The lowest BCUT2D eigenvalue weighted by Gasteiger charge is -2.28. The van der Waals surface area contributed by atoms with Gasteiger partial charge in [-0.15, -0.1) is 0 Å². The molecule has 0 bridgehead atoms. The van der Waals surface area contributed by atoms with Gasteiger partial charge in [0.25, 0.3) is 0 Å². The number of aliphatic carboxylic acids is 1. The molecule has 14 N–H and O–H groups in total. The summed E-state index contributed by atoms with van der Waals surface area (Å²) in [5, 5.41) is 38.1. The summed E-state index contributed by atoms with van der Waals surface area (Å²) in [6, 6.07) is 0.501. The minimum absolute atomic E-state index is 0.00312. The second-order valence-corrected chi connectivity index (χ2v) is 18.1. The lowest BCUT2D eigenvalue weighted by molar-refractivity contribution is -0.139. The molecule has 1 aliphatic heterocycles. The Morgan fingerprint density at radius 1 is 0.818 bits per heavy atom. The Labute approximate surface area is 385 Å². The van der Waals surface area contributed by atoms with Crippen molar-refractivity contribution in [3.8, 4) is 5.75 Å². The van der Waals surface area contributed by atoms with Gasteiger partial charge in [-0.25, -0.2) is 0 Å². The number of aliphatic hydroxyl groups excluding tert-OH is 1. The Bertz CT molecular complexity index is 1900. The molecule has 21 nitrogen and oxygen atoms in total. The molecule has 9 atom stereocenters. The van der Waals surface area contributed by atoms with Crippen LogP contribution in [0, 0.1) is 29.6 Å². The van der Waals surface area contributed by atoms with E-state index in [4.69, 9.17) is 22.9 Å². The third kappa shape index (κ3) is 18.9. The summed E-state index contributed by atoms with van der Waals surface area (Å²) in [7, 11) is 0. The molecular formula is C45H71N9O12. The molecule has 1 saturated heterocycles. The Morgan fingerprint density at radius 2 is 1.44 bits per heavy atom. The van der Waals surface area contributed by atoms with Gasteiger partial charge in [0, 0.05) is 62.9 Å². The van der Waals surface area contributed by atoms with Crippen molar-refractivity contribution in [2.45, 2.75) is 142 Å². The van der Waals surface area contributed by atoms with E-state index < -0.39 is 126 Å². The van der Waals surface area contributed by atoms with Crippen LogP contribution in [0.4, 0.5) is 0 Å². The first-order valence-electron chi connectivity index (χ1n) is 22.4. The van der Waals surface area contributed by atoms with Crippen LogP contribution in [0.25, 0.3) is 0 Å². The molecule has 368 valence electrons. The summed E-state index contributed by atoms with van der Waals surface area (Å²) >= 11 is 0. The molecule has 2 rings (SSSR count). The van der Waals surface area contributed by atoms with Gasteiger partial charge in [0.05, 0.1) is 24.2 Å². The molecule has 1 heterocycles. The monoisotopic (exact) mass is 930 g/mol. The predicted molar refractivity (Wildman–Crippen MR) is 243 cm³/mol. The number of ketones is 3. The van der Waals surface area contributed by atoms with Gasteiger partial charge in [-0.3, -0.25) is 48.1 Å². The van der Waals surface area contributed by atoms with E-state index in [9.17, 15) is 58.5 Å². The van der Waals surface area contributed by atoms with Crippen LogP contribution in [0.1, 0.15) is 105 Å². The predicted octanol–water partition coefficient (Wildman–Crippen LogP) is -0.450. The molecule has 0 radical (unpaired) electrons. The van der Waals surface area contributed by atoms with Crippen LogP contribution in [0.5, 0.6) is 5.75 Å². The molecule has 5 amide bonds. The molecule has 0 saturated carbocycles. The van der Waals surface area contributed by atoms with Gasteiger partial charge in [-0.1, -0.05) is 39.8 Å². The first-order valence-corrected chi connectivity index (χ1v) is 22.4. The van der Waals surface area contributed by atoms with E-state index in [2.05, 4.69) is 20.9 Å². The number of carbonyl (C=O) groups is 9. The number of nitrogens with two attached hydrogens (primary N) is 4. The number of nitrogens with one attached hydrogen (secondary N) is 3. The highest BCUT2D eigenvalue weighted by Gasteiger charge is 2.39. The number of primary amides is 1. The number of likely N-dealkylation sites (tertiary alicyclic amines) is 1. The van der Waals surface area contributed by atoms with Crippen molar-refractivity contribution in [2.24, 2.45) is 57.5 Å². The number of hydrogen-bond donors (Lipinski definition) is 10. The van der Waals surface area contributed by atoms with Crippen LogP contribution in [0.2, 0.25) is 0 Å². The lowest BCUT2D eigenvalue weighted by Crippen LogP contribution is -2.52. The van der Waals surface area contributed by atoms with E-state index in [0.29, 0.717) is 12.0 Å². The number of carbonyl (C=O) groups excluding carboxylic acids is 8. The van der Waals surface area contributed by atoms with Crippen LogP contribution in [-0.2, 0) is 49.6 Å². The number of benzene rings is 1. The maximum Gasteiger partial charge on any atom is 0.303 e. The van der Waals surface area contributed by atoms with Crippen LogP contribution in [-0.4, -0.2) is 128 Å². The molecule has 1 aromatic carbocycles. The molecule has 0 spiro atoms. The van der Waals surface area contributed by atoms with E-state index in [-0.39, 0.29) is 75.1 Å². The van der Waals surface area contributed by atoms with Crippen molar-refractivity contribution in [2.75, 3.05) is 13.1 Å². The van der Waals surface area contributed by atoms with E-state index in [1.165, 1.54) is 30.9 Å². The zero-order valence-corrected chi connectivity index (χ0v) is 38.9. The Morgan fingerprint density at radius 3 is 1.98 bits per heavy atom. The molecule has 1 aromatic rings. The largest absolute Gasteiger partial charge is 0.508 e. The zero-order valence-electron chi connectivity index (χ0n) is 38.9. The fourth-order valence-electron chi connectivity index (χ4n) is 7.74. The zero-order chi connectivity index (χ0) is 50.0. The third-order valence-electron chi connectivity index (χ3n) is 11.6. The van der Waals surface area contributed by atoms with E-state index in [0.717, 1.165) is 0 Å². The normalized spacial score (nSPS) is 17.4. The smallest absolute Gasteiger partial charge is 0.303 e. The number of nitrogens with zero attached hydrogens (tertiary/aromatic N) is 2. The summed E-state index contributed by atoms with van der Waals surface area (Å²) in [4.78, 5) is 124. The molecule has 0 aliphatic carbocycles. The summed E-state index contributed by atoms with van der Waals surface area (Å²) in [5.41, 5.74) is 22.8. The van der Waals surface area contributed by atoms with Gasteiger partial charge < -0.3 is 59.1 Å². The highest BCUT2D eigenvalue weighted by Crippen LogP contribution is 2.24. The second kappa shape index (κ2) is 26.9. The van der Waals surface area contributed by atoms with Gasteiger partial charge in [0.1, 0.15) is 23.6 Å². The lowest BCUT2D eigenvalue weighted by atomic mass is 9.85. The van der Waals surface area contributed by atoms with Crippen LogP contribution >= 0.6 is 0 Å². The number of aromatic hydroxyl groups is 1. The van der Waals surface area contributed by atoms with Crippen molar-refractivity contribution < 1.29 is 58.5 Å². The SMILES string of the molecule is CC(C)C[C@@H](CC(=O)[C@@H](CCC(=O)O)NC(=O)[C@H](CC(=O)[C@H](NC(=O)[C@H](CC(=O)[C@H](N)CCCN=C(N)N)Cc1ccc(O)cc1)[C@@H](C)O)C(C)C)C(=O)N[C@H]1CC(=O)N([C@H](C)C(N)=O)C1.